The topological polar surface area (TPSA) is 77.8 Å². The predicted octanol–water partition coefficient (Wildman–Crippen LogP) is 3.61. The third kappa shape index (κ3) is 7.97. The Bertz CT molecular complexity index is 609. The Balaban J connectivity index is 2.58. The molecule has 1 aliphatic rings. The van der Waals surface area contributed by atoms with Crippen LogP contribution in [0.15, 0.2) is 12.2 Å². The van der Waals surface area contributed by atoms with Gasteiger partial charge in [-0.1, -0.05) is 38.8 Å². The molecular weight excluding hydrogens is 368 g/mol. The predicted molar refractivity (Wildman–Crippen MR) is 103 cm³/mol. The SMILES string of the molecule is CCC#CCC(C)C(O)C=C[C@H]1CC(F)(F)C(=O)N1CCCCCCC(=O)O. The van der Waals surface area contributed by atoms with Gasteiger partial charge >= 0.3 is 11.9 Å². The molecule has 2 N–H and O–H groups in total. The van der Waals surface area contributed by atoms with Crippen LogP contribution in [-0.2, 0) is 9.59 Å². The highest BCUT2D eigenvalue weighted by Gasteiger charge is 2.52. The molecule has 1 amide bonds. The monoisotopic (exact) mass is 399 g/mol. The first-order chi connectivity index (χ1) is 13.2. The van der Waals surface area contributed by atoms with Crippen LogP contribution >= 0.6 is 0 Å². The summed E-state index contributed by atoms with van der Waals surface area (Å²) in [6, 6.07) is -0.745. The molecule has 1 saturated heterocycles. The van der Waals surface area contributed by atoms with E-state index < -0.39 is 36.4 Å². The Morgan fingerprint density at radius 1 is 1.32 bits per heavy atom. The average Bonchev–Trinajstić information content (AvgIpc) is 2.85. The fourth-order valence-electron chi connectivity index (χ4n) is 3.08. The van der Waals surface area contributed by atoms with E-state index >= 15 is 0 Å². The number of amides is 1. The molecule has 3 atom stereocenters. The van der Waals surface area contributed by atoms with Gasteiger partial charge in [0.2, 0.25) is 0 Å². The number of nitrogens with zero attached hydrogens (tertiary/aromatic N) is 1. The van der Waals surface area contributed by atoms with Crippen molar-refractivity contribution in [1.29, 1.82) is 0 Å². The van der Waals surface area contributed by atoms with Crippen molar-refractivity contribution >= 4 is 11.9 Å². The summed E-state index contributed by atoms with van der Waals surface area (Å²) in [6.45, 7) is 3.97. The molecule has 0 spiro atoms. The number of likely N-dealkylation sites (tertiary alicyclic amines) is 1. The Morgan fingerprint density at radius 2 is 2.00 bits per heavy atom. The molecule has 158 valence electrons. The molecule has 28 heavy (non-hydrogen) atoms. The lowest BCUT2D eigenvalue weighted by molar-refractivity contribution is -0.148. The third-order valence-corrected chi connectivity index (χ3v) is 4.82. The van der Waals surface area contributed by atoms with Gasteiger partial charge in [-0.2, -0.15) is 8.78 Å². The standard InChI is InChI=1S/C21H31F2NO4/c1-3-4-7-10-16(2)18(25)13-12-17-15-21(22,23)20(28)24(17)14-9-6-5-8-11-19(26)27/h12-13,16-18,25H,3,5-6,8-11,14-15H2,1-2H3,(H,26,27)/t16?,17-,18?/m0/s1. The number of carbonyl (C=O) groups is 2. The molecule has 0 aromatic heterocycles. The summed E-state index contributed by atoms with van der Waals surface area (Å²) in [7, 11) is 0. The Hall–Kier alpha value is -1.94. The Morgan fingerprint density at radius 3 is 2.64 bits per heavy atom. The molecule has 1 fully saturated rings. The minimum Gasteiger partial charge on any atom is -0.481 e. The van der Waals surface area contributed by atoms with Crippen molar-refractivity contribution in [3.05, 3.63) is 12.2 Å². The van der Waals surface area contributed by atoms with Crippen molar-refractivity contribution in [3.8, 4) is 11.8 Å². The van der Waals surface area contributed by atoms with E-state index in [0.717, 1.165) is 6.42 Å². The van der Waals surface area contributed by atoms with Gasteiger partial charge in [-0.3, -0.25) is 9.59 Å². The highest BCUT2D eigenvalue weighted by Crippen LogP contribution is 2.34. The van der Waals surface area contributed by atoms with E-state index in [1.165, 1.54) is 17.1 Å². The zero-order valence-electron chi connectivity index (χ0n) is 16.7. The van der Waals surface area contributed by atoms with Crippen LogP contribution in [0, 0.1) is 17.8 Å². The van der Waals surface area contributed by atoms with Gasteiger partial charge < -0.3 is 15.1 Å². The molecule has 0 aromatic rings. The van der Waals surface area contributed by atoms with E-state index in [0.29, 0.717) is 32.1 Å². The van der Waals surface area contributed by atoms with Crippen molar-refractivity contribution in [2.75, 3.05) is 6.54 Å². The molecule has 0 radical (unpaired) electrons. The molecule has 5 nitrogen and oxygen atoms in total. The maximum atomic E-state index is 13.9. The first kappa shape index (κ1) is 24.1. The van der Waals surface area contributed by atoms with Crippen LogP contribution in [0.25, 0.3) is 0 Å². The molecule has 0 aromatic carbocycles. The summed E-state index contributed by atoms with van der Waals surface area (Å²) in [5, 5.41) is 18.8. The number of rotatable bonds is 11. The van der Waals surface area contributed by atoms with Crippen LogP contribution in [0.1, 0.15) is 65.2 Å². The third-order valence-electron chi connectivity index (χ3n) is 4.82. The smallest absolute Gasteiger partial charge is 0.327 e. The number of carbonyl (C=O) groups excluding carboxylic acids is 1. The number of unbranched alkanes of at least 4 members (excludes halogenated alkanes) is 3. The largest absolute Gasteiger partial charge is 0.481 e. The first-order valence-electron chi connectivity index (χ1n) is 9.91. The number of alkyl halides is 2. The fourth-order valence-corrected chi connectivity index (χ4v) is 3.08. The van der Waals surface area contributed by atoms with Crippen LogP contribution in [-0.4, -0.2) is 51.6 Å². The van der Waals surface area contributed by atoms with E-state index in [4.69, 9.17) is 5.11 Å². The van der Waals surface area contributed by atoms with Crippen molar-refractivity contribution in [3.63, 3.8) is 0 Å². The second-order valence-corrected chi connectivity index (χ2v) is 7.30. The second kappa shape index (κ2) is 11.8. The van der Waals surface area contributed by atoms with Gasteiger partial charge in [-0.15, -0.1) is 11.8 Å². The molecule has 0 saturated carbocycles. The number of carboxylic acids is 1. The van der Waals surface area contributed by atoms with E-state index in [9.17, 15) is 23.5 Å². The van der Waals surface area contributed by atoms with Gasteiger partial charge in [-0.25, -0.2) is 0 Å². The van der Waals surface area contributed by atoms with Crippen molar-refractivity contribution in [2.45, 2.75) is 83.3 Å². The lowest BCUT2D eigenvalue weighted by Gasteiger charge is -2.22. The van der Waals surface area contributed by atoms with Crippen LogP contribution < -0.4 is 0 Å². The summed E-state index contributed by atoms with van der Waals surface area (Å²) in [6.07, 6.45) is 5.36. The van der Waals surface area contributed by atoms with Gasteiger partial charge in [0.25, 0.3) is 5.91 Å². The summed E-state index contributed by atoms with van der Waals surface area (Å²) >= 11 is 0. The second-order valence-electron chi connectivity index (χ2n) is 7.30. The number of carboxylic acid groups (broad SMARTS) is 1. The lowest BCUT2D eigenvalue weighted by atomic mass is 9.99. The van der Waals surface area contributed by atoms with E-state index in [1.54, 1.807) is 0 Å². The van der Waals surface area contributed by atoms with E-state index in [-0.39, 0.29) is 18.9 Å². The van der Waals surface area contributed by atoms with E-state index in [1.807, 2.05) is 13.8 Å². The highest BCUT2D eigenvalue weighted by atomic mass is 19.3. The number of halogens is 2. The van der Waals surface area contributed by atoms with Gasteiger partial charge in [0.15, 0.2) is 0 Å². The van der Waals surface area contributed by atoms with Crippen LogP contribution in [0.3, 0.4) is 0 Å². The lowest BCUT2D eigenvalue weighted by Crippen LogP contribution is -2.36. The van der Waals surface area contributed by atoms with Crippen molar-refractivity contribution in [1.82, 2.24) is 4.90 Å². The highest BCUT2D eigenvalue weighted by molar-refractivity contribution is 5.86. The van der Waals surface area contributed by atoms with Crippen LogP contribution in [0.2, 0.25) is 0 Å². The maximum absolute atomic E-state index is 13.9. The van der Waals surface area contributed by atoms with Crippen molar-refractivity contribution in [2.24, 2.45) is 5.92 Å². The maximum Gasteiger partial charge on any atom is 0.327 e. The minimum absolute atomic E-state index is 0.0881. The summed E-state index contributed by atoms with van der Waals surface area (Å²) in [5.41, 5.74) is 0. The fraction of sp³-hybridized carbons (Fsp3) is 0.714. The van der Waals surface area contributed by atoms with Gasteiger partial charge in [-0.05, 0) is 18.8 Å². The molecule has 1 rings (SSSR count). The van der Waals surface area contributed by atoms with Crippen molar-refractivity contribution < 1.29 is 28.6 Å². The number of aliphatic hydroxyl groups excluding tert-OH is 1. The summed E-state index contributed by atoms with van der Waals surface area (Å²) < 4.78 is 27.7. The first-order valence-corrected chi connectivity index (χ1v) is 9.91. The van der Waals surface area contributed by atoms with E-state index in [2.05, 4.69) is 11.8 Å². The molecule has 1 heterocycles. The Kier molecular flexibility index (Phi) is 10.2. The summed E-state index contributed by atoms with van der Waals surface area (Å²) in [4.78, 5) is 23.6. The average molecular weight is 399 g/mol. The van der Waals surface area contributed by atoms with Crippen LogP contribution in [0.5, 0.6) is 0 Å². The molecule has 2 unspecified atom stereocenters. The molecule has 0 bridgehead atoms. The zero-order valence-corrected chi connectivity index (χ0v) is 16.7. The summed E-state index contributed by atoms with van der Waals surface area (Å²) in [5.74, 6) is 0.341. The zero-order chi connectivity index (χ0) is 21.2. The molecule has 0 aliphatic carbocycles. The quantitative estimate of drug-likeness (QED) is 0.316. The van der Waals surface area contributed by atoms with Gasteiger partial charge in [0, 0.05) is 32.2 Å². The molecule has 7 heteroatoms. The van der Waals surface area contributed by atoms with Gasteiger partial charge in [0.1, 0.15) is 0 Å². The Labute approximate surface area is 165 Å². The molecular formula is C21H31F2NO4. The normalized spacial score (nSPS) is 20.8. The van der Waals surface area contributed by atoms with Crippen LogP contribution in [0.4, 0.5) is 8.78 Å². The number of hydrogen-bond donors (Lipinski definition) is 2. The number of aliphatic carboxylic acids is 1. The van der Waals surface area contributed by atoms with Gasteiger partial charge in [0.05, 0.1) is 12.1 Å². The minimum atomic E-state index is -3.39. The number of aliphatic hydroxyl groups is 1. The molecule has 1 aliphatic heterocycles. The number of hydrogen-bond acceptors (Lipinski definition) is 3.